The largest absolute Gasteiger partial charge is 0.370 e. The summed E-state index contributed by atoms with van der Waals surface area (Å²) in [5, 5.41) is 9.03. The molecule has 0 bridgehead atoms. The molecule has 27 heavy (non-hydrogen) atoms. The minimum absolute atomic E-state index is 0.200. The third kappa shape index (κ3) is 4.23. The van der Waals surface area contributed by atoms with E-state index in [0.717, 1.165) is 48.0 Å². The van der Waals surface area contributed by atoms with Gasteiger partial charge in [-0.3, -0.25) is 9.79 Å². The Hall–Kier alpha value is -2.99. The van der Waals surface area contributed by atoms with Gasteiger partial charge >= 0.3 is 0 Å². The number of aliphatic imine (C=N–C) groups is 1. The number of thiazole rings is 1. The smallest absolute Gasteiger partial charge is 0.275 e. The van der Waals surface area contributed by atoms with Gasteiger partial charge in [-0.2, -0.15) is 0 Å². The predicted molar refractivity (Wildman–Crippen MR) is 110 cm³/mol. The molecule has 5 nitrogen and oxygen atoms in total. The number of amides is 1. The number of amidine groups is 1. The first-order valence-corrected chi connectivity index (χ1v) is 9.85. The molecule has 4 rings (SSSR count). The highest BCUT2D eigenvalue weighted by Gasteiger charge is 2.16. The van der Waals surface area contributed by atoms with Crippen LogP contribution < -0.4 is 10.6 Å². The van der Waals surface area contributed by atoms with E-state index in [1.54, 1.807) is 0 Å². The second-order valence-corrected chi connectivity index (χ2v) is 7.24. The summed E-state index contributed by atoms with van der Waals surface area (Å²) in [5.41, 5.74) is 3.28. The van der Waals surface area contributed by atoms with Gasteiger partial charge in [0.15, 0.2) is 0 Å². The average Bonchev–Trinajstić information content (AvgIpc) is 3.18. The summed E-state index contributed by atoms with van der Waals surface area (Å²) in [7, 11) is 0. The summed E-state index contributed by atoms with van der Waals surface area (Å²) in [6.45, 7) is 1.70. The third-order valence-corrected chi connectivity index (χ3v) is 5.16. The Bertz CT molecular complexity index is 965. The van der Waals surface area contributed by atoms with Crippen molar-refractivity contribution in [1.82, 2.24) is 10.3 Å². The number of benzene rings is 2. The van der Waals surface area contributed by atoms with Crippen LogP contribution in [0.3, 0.4) is 0 Å². The molecule has 1 aliphatic heterocycles. The lowest BCUT2D eigenvalue weighted by Gasteiger charge is -2.17. The summed E-state index contributed by atoms with van der Waals surface area (Å²) in [6.07, 6.45) is 1.76. The number of anilines is 1. The molecule has 0 saturated carbocycles. The molecule has 0 spiro atoms. The van der Waals surface area contributed by atoms with Crippen molar-refractivity contribution in [1.29, 1.82) is 0 Å². The van der Waals surface area contributed by atoms with Gasteiger partial charge in [0.25, 0.3) is 5.91 Å². The summed E-state index contributed by atoms with van der Waals surface area (Å²) in [6, 6.07) is 17.9. The summed E-state index contributed by atoms with van der Waals surface area (Å²) in [4.78, 5) is 21.7. The monoisotopic (exact) mass is 376 g/mol. The molecule has 0 aliphatic carbocycles. The summed E-state index contributed by atoms with van der Waals surface area (Å²) in [5.74, 6) is 0.634. The number of rotatable bonds is 5. The SMILES string of the molecule is O=C(Nc1ccccc1C1=NCCCN1)c1csc(Cc2ccccc2)n1. The second kappa shape index (κ2) is 8.14. The Morgan fingerprint density at radius 1 is 1.11 bits per heavy atom. The fourth-order valence-corrected chi connectivity index (χ4v) is 3.77. The van der Waals surface area contributed by atoms with Crippen molar-refractivity contribution in [2.45, 2.75) is 12.8 Å². The maximum absolute atomic E-state index is 12.7. The first-order chi connectivity index (χ1) is 13.3. The fraction of sp³-hybridized carbons (Fsp3) is 0.190. The van der Waals surface area contributed by atoms with Crippen LogP contribution in [-0.4, -0.2) is 29.8 Å². The van der Waals surface area contributed by atoms with Crippen LogP contribution in [0.15, 0.2) is 65.0 Å². The van der Waals surface area contributed by atoms with Gasteiger partial charge in [0.2, 0.25) is 0 Å². The lowest BCUT2D eigenvalue weighted by Crippen LogP contribution is -2.31. The van der Waals surface area contributed by atoms with Gasteiger partial charge in [0, 0.05) is 30.5 Å². The number of aromatic nitrogens is 1. The molecule has 3 aromatic rings. The standard InChI is InChI=1S/C21H20N4OS/c26-21(18-14-27-19(24-18)13-15-7-2-1-3-8-15)25-17-10-5-4-9-16(17)20-22-11-6-12-23-20/h1-5,7-10,14H,6,11-13H2,(H,22,23)(H,25,26). The molecular formula is C21H20N4OS. The molecule has 2 aromatic carbocycles. The molecule has 1 amide bonds. The molecule has 0 atom stereocenters. The van der Waals surface area contributed by atoms with E-state index in [-0.39, 0.29) is 5.91 Å². The molecule has 0 unspecified atom stereocenters. The quantitative estimate of drug-likeness (QED) is 0.713. The van der Waals surface area contributed by atoms with E-state index < -0.39 is 0 Å². The van der Waals surface area contributed by atoms with Crippen LogP contribution in [0.25, 0.3) is 0 Å². The van der Waals surface area contributed by atoms with Crippen LogP contribution in [0.4, 0.5) is 5.69 Å². The number of carbonyl (C=O) groups excluding carboxylic acids is 1. The average molecular weight is 376 g/mol. The van der Waals surface area contributed by atoms with E-state index in [9.17, 15) is 4.79 Å². The molecule has 2 N–H and O–H groups in total. The van der Waals surface area contributed by atoms with E-state index in [2.05, 4.69) is 32.7 Å². The van der Waals surface area contributed by atoms with Crippen LogP contribution in [0.5, 0.6) is 0 Å². The first kappa shape index (κ1) is 17.4. The van der Waals surface area contributed by atoms with Crippen LogP contribution in [-0.2, 0) is 6.42 Å². The molecule has 0 saturated heterocycles. The Kier molecular flexibility index (Phi) is 5.25. The molecule has 136 valence electrons. The van der Waals surface area contributed by atoms with Crippen molar-refractivity contribution in [3.8, 4) is 0 Å². The second-order valence-electron chi connectivity index (χ2n) is 6.30. The lowest BCUT2D eigenvalue weighted by atomic mass is 10.1. The molecule has 1 aromatic heterocycles. The third-order valence-electron chi connectivity index (χ3n) is 4.31. The number of hydrogen-bond acceptors (Lipinski definition) is 5. The Balaban J connectivity index is 1.49. The Morgan fingerprint density at radius 2 is 1.93 bits per heavy atom. The van der Waals surface area contributed by atoms with Gasteiger partial charge in [-0.05, 0) is 24.1 Å². The topological polar surface area (TPSA) is 66.4 Å². The maximum atomic E-state index is 12.7. The van der Waals surface area contributed by atoms with Crippen LogP contribution in [0.1, 0.15) is 33.0 Å². The minimum atomic E-state index is -0.200. The number of nitrogens with zero attached hydrogens (tertiary/aromatic N) is 2. The van der Waals surface area contributed by atoms with Crippen molar-refractivity contribution >= 4 is 28.8 Å². The number of carbonyl (C=O) groups is 1. The van der Waals surface area contributed by atoms with Crippen molar-refractivity contribution in [2.75, 3.05) is 18.4 Å². The van der Waals surface area contributed by atoms with E-state index in [1.807, 2.05) is 47.8 Å². The minimum Gasteiger partial charge on any atom is -0.370 e. The zero-order valence-corrected chi connectivity index (χ0v) is 15.6. The summed E-state index contributed by atoms with van der Waals surface area (Å²) < 4.78 is 0. The van der Waals surface area contributed by atoms with Gasteiger partial charge in [0.1, 0.15) is 11.5 Å². The van der Waals surface area contributed by atoms with Gasteiger partial charge in [-0.1, -0.05) is 42.5 Å². The lowest BCUT2D eigenvalue weighted by molar-refractivity contribution is 0.102. The molecule has 6 heteroatoms. The molecular weight excluding hydrogens is 356 g/mol. The van der Waals surface area contributed by atoms with Crippen molar-refractivity contribution in [3.63, 3.8) is 0 Å². The highest BCUT2D eigenvalue weighted by Crippen LogP contribution is 2.19. The van der Waals surface area contributed by atoms with Gasteiger partial charge in [-0.25, -0.2) is 4.98 Å². The number of hydrogen-bond donors (Lipinski definition) is 2. The van der Waals surface area contributed by atoms with Crippen LogP contribution in [0, 0.1) is 0 Å². The first-order valence-electron chi connectivity index (χ1n) is 8.97. The zero-order valence-electron chi connectivity index (χ0n) is 14.8. The van der Waals surface area contributed by atoms with Crippen LogP contribution in [0.2, 0.25) is 0 Å². The number of nitrogens with one attached hydrogen (secondary N) is 2. The van der Waals surface area contributed by atoms with Gasteiger partial charge in [-0.15, -0.1) is 11.3 Å². The van der Waals surface area contributed by atoms with Gasteiger partial charge < -0.3 is 10.6 Å². The number of para-hydroxylation sites is 1. The Morgan fingerprint density at radius 3 is 2.74 bits per heavy atom. The molecule has 1 aliphatic rings. The van der Waals surface area contributed by atoms with Crippen LogP contribution >= 0.6 is 11.3 Å². The van der Waals surface area contributed by atoms with E-state index in [4.69, 9.17) is 0 Å². The normalized spacial score (nSPS) is 13.6. The molecule has 0 fully saturated rings. The van der Waals surface area contributed by atoms with Crippen molar-refractivity contribution < 1.29 is 4.79 Å². The molecule has 0 radical (unpaired) electrons. The highest BCUT2D eigenvalue weighted by atomic mass is 32.1. The molecule has 2 heterocycles. The van der Waals surface area contributed by atoms with E-state index in [1.165, 1.54) is 16.9 Å². The maximum Gasteiger partial charge on any atom is 0.275 e. The van der Waals surface area contributed by atoms with Gasteiger partial charge in [0.05, 0.1) is 10.7 Å². The van der Waals surface area contributed by atoms with Crippen molar-refractivity contribution in [3.05, 3.63) is 81.8 Å². The zero-order chi connectivity index (χ0) is 18.5. The predicted octanol–water partition coefficient (Wildman–Crippen LogP) is 3.73. The van der Waals surface area contributed by atoms with Crippen molar-refractivity contribution in [2.24, 2.45) is 4.99 Å². The summed E-state index contributed by atoms with van der Waals surface area (Å²) >= 11 is 1.51. The highest BCUT2D eigenvalue weighted by molar-refractivity contribution is 7.09. The fourth-order valence-electron chi connectivity index (χ4n) is 2.96. The Labute approximate surface area is 162 Å². The van der Waals surface area contributed by atoms with E-state index >= 15 is 0 Å². The van der Waals surface area contributed by atoms with E-state index in [0.29, 0.717) is 5.69 Å².